The van der Waals surface area contributed by atoms with E-state index in [1.807, 2.05) is 30.3 Å². The van der Waals surface area contributed by atoms with Crippen molar-refractivity contribution in [1.29, 1.82) is 0 Å². The molecule has 1 aromatic rings. The SMILES string of the molecule is CC(CCNC(=O)CCc1ccccc1)C(=O)O. The first kappa shape index (κ1) is 14.2. The molecule has 1 rings (SSSR count). The molecule has 0 saturated carbocycles. The van der Waals surface area contributed by atoms with Gasteiger partial charge < -0.3 is 10.4 Å². The van der Waals surface area contributed by atoms with Crippen LogP contribution in [-0.2, 0) is 16.0 Å². The van der Waals surface area contributed by atoms with Crippen molar-refractivity contribution in [2.75, 3.05) is 6.54 Å². The Labute approximate surface area is 107 Å². The van der Waals surface area contributed by atoms with Gasteiger partial charge in [0.25, 0.3) is 0 Å². The maximum absolute atomic E-state index is 11.5. The smallest absolute Gasteiger partial charge is 0.306 e. The van der Waals surface area contributed by atoms with E-state index in [-0.39, 0.29) is 5.91 Å². The van der Waals surface area contributed by atoms with Gasteiger partial charge in [0.05, 0.1) is 5.92 Å². The molecule has 1 unspecified atom stereocenters. The molecule has 4 heteroatoms. The Kier molecular flexibility index (Phi) is 5.91. The van der Waals surface area contributed by atoms with E-state index in [4.69, 9.17) is 5.11 Å². The summed E-state index contributed by atoms with van der Waals surface area (Å²) in [5, 5.41) is 11.4. The minimum absolute atomic E-state index is 0.0311. The van der Waals surface area contributed by atoms with E-state index in [9.17, 15) is 9.59 Å². The van der Waals surface area contributed by atoms with Crippen molar-refractivity contribution in [1.82, 2.24) is 5.32 Å². The van der Waals surface area contributed by atoms with Crippen LogP contribution in [0.3, 0.4) is 0 Å². The second-order valence-electron chi connectivity index (χ2n) is 4.36. The Morgan fingerprint density at radius 3 is 2.56 bits per heavy atom. The summed E-state index contributed by atoms with van der Waals surface area (Å²) >= 11 is 0. The number of benzene rings is 1. The molecule has 0 fully saturated rings. The van der Waals surface area contributed by atoms with E-state index in [0.717, 1.165) is 5.56 Å². The number of carbonyl (C=O) groups is 2. The quantitative estimate of drug-likeness (QED) is 0.775. The standard InChI is InChI=1S/C14H19NO3/c1-11(14(17)18)9-10-15-13(16)8-7-12-5-3-2-4-6-12/h2-6,11H,7-10H2,1H3,(H,15,16)(H,17,18). The second-order valence-corrected chi connectivity index (χ2v) is 4.36. The highest BCUT2D eigenvalue weighted by Gasteiger charge is 2.10. The summed E-state index contributed by atoms with van der Waals surface area (Å²) in [5.41, 5.74) is 1.13. The van der Waals surface area contributed by atoms with Crippen molar-refractivity contribution in [3.63, 3.8) is 0 Å². The summed E-state index contributed by atoms with van der Waals surface area (Å²) in [4.78, 5) is 22.1. The van der Waals surface area contributed by atoms with Crippen molar-refractivity contribution < 1.29 is 14.7 Å². The number of aryl methyl sites for hydroxylation is 1. The molecule has 0 aliphatic carbocycles. The first-order valence-corrected chi connectivity index (χ1v) is 6.13. The van der Waals surface area contributed by atoms with Gasteiger partial charge in [0.2, 0.25) is 5.91 Å². The molecule has 0 spiro atoms. The molecule has 0 saturated heterocycles. The van der Waals surface area contributed by atoms with Crippen LogP contribution in [0.1, 0.15) is 25.3 Å². The zero-order valence-electron chi connectivity index (χ0n) is 10.6. The molecular weight excluding hydrogens is 230 g/mol. The lowest BCUT2D eigenvalue weighted by atomic mass is 10.1. The minimum atomic E-state index is -0.825. The van der Waals surface area contributed by atoms with Crippen LogP contribution >= 0.6 is 0 Å². The average molecular weight is 249 g/mol. The van der Waals surface area contributed by atoms with Crippen molar-refractivity contribution in [2.24, 2.45) is 5.92 Å². The van der Waals surface area contributed by atoms with E-state index in [1.165, 1.54) is 0 Å². The van der Waals surface area contributed by atoms with Crippen LogP contribution in [0, 0.1) is 5.92 Å². The number of hydrogen-bond donors (Lipinski definition) is 2. The number of rotatable bonds is 7. The van der Waals surface area contributed by atoms with Gasteiger partial charge in [-0.25, -0.2) is 0 Å². The first-order valence-electron chi connectivity index (χ1n) is 6.13. The van der Waals surface area contributed by atoms with Crippen LogP contribution in [0.5, 0.6) is 0 Å². The van der Waals surface area contributed by atoms with Crippen LogP contribution in [0.25, 0.3) is 0 Å². The Bertz CT molecular complexity index is 389. The zero-order valence-corrected chi connectivity index (χ0v) is 10.6. The van der Waals surface area contributed by atoms with Gasteiger partial charge in [0.1, 0.15) is 0 Å². The number of amides is 1. The molecule has 2 N–H and O–H groups in total. The van der Waals surface area contributed by atoms with Crippen molar-refractivity contribution in [3.05, 3.63) is 35.9 Å². The van der Waals surface area contributed by atoms with Crippen LogP contribution in [0.4, 0.5) is 0 Å². The highest BCUT2D eigenvalue weighted by molar-refractivity contribution is 5.76. The number of aliphatic carboxylic acids is 1. The molecular formula is C14H19NO3. The fraction of sp³-hybridized carbons (Fsp3) is 0.429. The Balaban J connectivity index is 2.17. The molecule has 1 aromatic carbocycles. The highest BCUT2D eigenvalue weighted by Crippen LogP contribution is 2.03. The predicted octanol–water partition coefficient (Wildman–Crippen LogP) is 1.85. The molecule has 0 bridgehead atoms. The van der Waals surface area contributed by atoms with Gasteiger partial charge in [-0.15, -0.1) is 0 Å². The third kappa shape index (κ3) is 5.48. The molecule has 0 aliphatic heterocycles. The number of carboxylic acids is 1. The topological polar surface area (TPSA) is 66.4 Å². The summed E-state index contributed by atoms with van der Waals surface area (Å²) in [6, 6.07) is 9.81. The molecule has 1 atom stereocenters. The lowest BCUT2D eigenvalue weighted by molar-refractivity contribution is -0.141. The van der Waals surface area contributed by atoms with E-state index in [2.05, 4.69) is 5.32 Å². The van der Waals surface area contributed by atoms with Crippen molar-refractivity contribution in [3.8, 4) is 0 Å². The number of nitrogens with one attached hydrogen (secondary N) is 1. The lowest BCUT2D eigenvalue weighted by Crippen LogP contribution is -2.27. The fourth-order valence-electron chi connectivity index (χ4n) is 1.54. The van der Waals surface area contributed by atoms with Crippen LogP contribution in [0.15, 0.2) is 30.3 Å². The van der Waals surface area contributed by atoms with E-state index < -0.39 is 11.9 Å². The molecule has 18 heavy (non-hydrogen) atoms. The van der Waals surface area contributed by atoms with Gasteiger partial charge in [-0.05, 0) is 18.4 Å². The molecule has 0 aromatic heterocycles. The number of carboxylic acid groups (broad SMARTS) is 1. The fourth-order valence-corrected chi connectivity index (χ4v) is 1.54. The Morgan fingerprint density at radius 1 is 1.28 bits per heavy atom. The molecule has 98 valence electrons. The Morgan fingerprint density at radius 2 is 1.94 bits per heavy atom. The van der Waals surface area contributed by atoms with Gasteiger partial charge in [-0.3, -0.25) is 9.59 Å². The zero-order chi connectivity index (χ0) is 13.4. The average Bonchev–Trinajstić information content (AvgIpc) is 2.37. The van der Waals surface area contributed by atoms with Crippen LogP contribution in [-0.4, -0.2) is 23.5 Å². The molecule has 0 radical (unpaired) electrons. The first-order chi connectivity index (χ1) is 8.59. The number of hydrogen-bond acceptors (Lipinski definition) is 2. The normalized spacial score (nSPS) is 11.8. The van der Waals surface area contributed by atoms with Crippen molar-refractivity contribution in [2.45, 2.75) is 26.2 Å². The van der Waals surface area contributed by atoms with Crippen molar-refractivity contribution >= 4 is 11.9 Å². The maximum Gasteiger partial charge on any atom is 0.306 e. The molecule has 0 aliphatic rings. The minimum Gasteiger partial charge on any atom is -0.481 e. The third-order valence-electron chi connectivity index (χ3n) is 2.80. The predicted molar refractivity (Wildman–Crippen MR) is 69.2 cm³/mol. The summed E-state index contributed by atoms with van der Waals surface area (Å²) in [6.45, 7) is 2.06. The van der Waals surface area contributed by atoms with Crippen LogP contribution < -0.4 is 5.32 Å². The summed E-state index contributed by atoms with van der Waals surface area (Å²) in [6.07, 6.45) is 1.61. The summed E-state index contributed by atoms with van der Waals surface area (Å²) < 4.78 is 0. The molecule has 4 nitrogen and oxygen atoms in total. The van der Waals surface area contributed by atoms with E-state index in [0.29, 0.717) is 25.8 Å². The van der Waals surface area contributed by atoms with Gasteiger partial charge in [0, 0.05) is 13.0 Å². The highest BCUT2D eigenvalue weighted by atomic mass is 16.4. The lowest BCUT2D eigenvalue weighted by Gasteiger charge is -2.07. The second kappa shape index (κ2) is 7.48. The monoisotopic (exact) mass is 249 g/mol. The van der Waals surface area contributed by atoms with Gasteiger partial charge in [-0.1, -0.05) is 37.3 Å². The summed E-state index contributed by atoms with van der Waals surface area (Å²) in [5.74, 6) is -1.27. The van der Waals surface area contributed by atoms with Gasteiger partial charge in [0.15, 0.2) is 0 Å². The largest absolute Gasteiger partial charge is 0.481 e. The van der Waals surface area contributed by atoms with Gasteiger partial charge >= 0.3 is 5.97 Å². The number of carbonyl (C=O) groups excluding carboxylic acids is 1. The summed E-state index contributed by atoms with van der Waals surface area (Å²) in [7, 11) is 0. The van der Waals surface area contributed by atoms with E-state index in [1.54, 1.807) is 6.92 Å². The Hall–Kier alpha value is -1.84. The third-order valence-corrected chi connectivity index (χ3v) is 2.80. The maximum atomic E-state index is 11.5. The van der Waals surface area contributed by atoms with Crippen LogP contribution in [0.2, 0.25) is 0 Å². The molecule has 1 amide bonds. The van der Waals surface area contributed by atoms with E-state index >= 15 is 0 Å². The molecule has 0 heterocycles. The van der Waals surface area contributed by atoms with Gasteiger partial charge in [-0.2, -0.15) is 0 Å².